The van der Waals surface area contributed by atoms with Gasteiger partial charge in [0.05, 0.1) is 0 Å². The highest BCUT2D eigenvalue weighted by Gasteiger charge is 2.36. The Labute approximate surface area is 107 Å². The van der Waals surface area contributed by atoms with E-state index in [1.807, 2.05) is 5.18 Å². The lowest BCUT2D eigenvalue weighted by molar-refractivity contribution is -0.542. The van der Waals surface area contributed by atoms with Crippen LogP contribution in [0.4, 0.5) is 4.79 Å². The van der Waals surface area contributed by atoms with Crippen molar-refractivity contribution in [1.82, 2.24) is 10.2 Å². The number of ether oxygens (including phenoxy) is 1. The molecule has 3 unspecified atom stereocenters. The van der Waals surface area contributed by atoms with Gasteiger partial charge in [-0.1, -0.05) is 5.92 Å². The number of nitrogens with zero attached hydrogens (tertiary/aromatic N) is 1. The summed E-state index contributed by atoms with van der Waals surface area (Å²) in [5.74, 6) is 2.39. The molecule has 0 radical (unpaired) electrons. The van der Waals surface area contributed by atoms with Crippen LogP contribution in [0.25, 0.3) is 0 Å². The molecule has 1 aliphatic rings. The molecule has 6 heteroatoms. The van der Waals surface area contributed by atoms with Gasteiger partial charge in [-0.15, -0.1) is 6.42 Å². The Kier molecular flexibility index (Phi) is 5.59. The number of nitroso groups, excluding NO2 is 1. The zero-order chi connectivity index (χ0) is 13.5. The van der Waals surface area contributed by atoms with Crippen LogP contribution in [0.1, 0.15) is 19.3 Å². The Morgan fingerprint density at radius 2 is 2.28 bits per heavy atom. The van der Waals surface area contributed by atoms with Crippen molar-refractivity contribution < 1.29 is 14.7 Å². The minimum Gasteiger partial charge on any atom is -0.358 e. The molecule has 0 saturated heterocycles. The molecule has 0 aromatic heterocycles. The standard InChI is InChI=1S/C12H19N3O3/c1-4-7-18-11-6-5-9(8-10(11)14-17)13-12(16)15(2)3/h1,9-11H,5-8H2,2-3H3,(H,13,16)/p+1. The van der Waals surface area contributed by atoms with Crippen molar-refractivity contribution in [2.24, 2.45) is 0 Å². The van der Waals surface area contributed by atoms with Gasteiger partial charge in [-0.05, 0) is 18.0 Å². The van der Waals surface area contributed by atoms with E-state index in [1.54, 1.807) is 14.1 Å². The molecule has 1 saturated carbocycles. The fourth-order valence-electron chi connectivity index (χ4n) is 2.06. The molecule has 100 valence electrons. The summed E-state index contributed by atoms with van der Waals surface area (Å²) in [7, 11) is 3.36. The molecule has 2 amide bonds. The van der Waals surface area contributed by atoms with E-state index in [-0.39, 0.29) is 30.8 Å². The monoisotopic (exact) mass is 254 g/mol. The van der Waals surface area contributed by atoms with Crippen molar-refractivity contribution in [2.75, 3.05) is 20.7 Å². The van der Waals surface area contributed by atoms with Gasteiger partial charge in [0, 0.05) is 31.5 Å². The third kappa shape index (κ3) is 4.00. The van der Waals surface area contributed by atoms with E-state index in [0.29, 0.717) is 12.8 Å². The van der Waals surface area contributed by atoms with Crippen LogP contribution in [0.5, 0.6) is 0 Å². The second kappa shape index (κ2) is 6.97. The van der Waals surface area contributed by atoms with Crippen LogP contribution in [0.3, 0.4) is 0 Å². The van der Waals surface area contributed by atoms with Crippen molar-refractivity contribution in [2.45, 2.75) is 37.5 Å². The van der Waals surface area contributed by atoms with Gasteiger partial charge >= 0.3 is 6.03 Å². The average Bonchev–Trinajstić information content (AvgIpc) is 2.36. The summed E-state index contributed by atoms with van der Waals surface area (Å²) in [5, 5.41) is 4.86. The van der Waals surface area contributed by atoms with Crippen LogP contribution in [0, 0.1) is 17.3 Å². The Morgan fingerprint density at radius 1 is 1.56 bits per heavy atom. The molecule has 1 rings (SSSR count). The fraction of sp³-hybridized carbons (Fsp3) is 0.750. The molecule has 18 heavy (non-hydrogen) atoms. The molecule has 0 spiro atoms. The molecule has 2 N–H and O–H groups in total. The zero-order valence-corrected chi connectivity index (χ0v) is 10.8. The maximum atomic E-state index is 11.5. The fourth-order valence-corrected chi connectivity index (χ4v) is 2.06. The molecule has 1 aliphatic carbocycles. The maximum absolute atomic E-state index is 11.5. The van der Waals surface area contributed by atoms with Gasteiger partial charge in [0.15, 0.2) is 0 Å². The summed E-state index contributed by atoms with van der Waals surface area (Å²) in [6, 6.07) is -0.468. The molecule has 0 aromatic carbocycles. The van der Waals surface area contributed by atoms with E-state index in [2.05, 4.69) is 11.2 Å². The highest BCUT2D eigenvalue weighted by Crippen LogP contribution is 2.19. The molecule has 0 bridgehead atoms. The Balaban J connectivity index is 2.48. The Morgan fingerprint density at radius 3 is 2.83 bits per heavy atom. The van der Waals surface area contributed by atoms with Crippen LogP contribution in [0.15, 0.2) is 0 Å². The van der Waals surface area contributed by atoms with Crippen molar-refractivity contribution in [3.63, 3.8) is 0 Å². The molecule has 0 aromatic rings. The van der Waals surface area contributed by atoms with E-state index >= 15 is 0 Å². The van der Waals surface area contributed by atoms with Gasteiger partial charge in [-0.2, -0.15) is 0 Å². The van der Waals surface area contributed by atoms with Crippen LogP contribution in [0.2, 0.25) is 0 Å². The lowest BCUT2D eigenvalue weighted by Crippen LogP contribution is -2.78. The topological polar surface area (TPSA) is 72.6 Å². The third-order valence-corrected chi connectivity index (χ3v) is 3.05. The largest absolute Gasteiger partial charge is 0.358 e. The van der Waals surface area contributed by atoms with E-state index in [4.69, 9.17) is 11.2 Å². The molecule has 0 heterocycles. The van der Waals surface area contributed by atoms with Gasteiger partial charge in [0.25, 0.3) is 0 Å². The first-order chi connectivity index (χ1) is 8.58. The van der Waals surface area contributed by atoms with E-state index < -0.39 is 0 Å². The Bertz CT molecular complexity index is 338. The summed E-state index contributed by atoms with van der Waals surface area (Å²) in [6.07, 6.45) is 6.99. The van der Waals surface area contributed by atoms with E-state index in [9.17, 15) is 9.70 Å². The molecule has 1 fully saturated rings. The first-order valence-electron chi connectivity index (χ1n) is 5.99. The first kappa shape index (κ1) is 14.5. The summed E-state index contributed by atoms with van der Waals surface area (Å²) >= 11 is 0. The number of amides is 2. The highest BCUT2D eigenvalue weighted by atomic mass is 16.5. The van der Waals surface area contributed by atoms with Gasteiger partial charge < -0.3 is 15.0 Å². The van der Waals surface area contributed by atoms with Crippen LogP contribution >= 0.6 is 0 Å². The first-order valence-corrected chi connectivity index (χ1v) is 5.99. The number of carbonyl (C=O) groups is 1. The predicted octanol–water partition coefficient (Wildman–Crippen LogP) is -0.956. The number of hydrogen-bond acceptors (Lipinski definition) is 3. The minimum absolute atomic E-state index is 0.00274. The lowest BCUT2D eigenvalue weighted by atomic mass is 9.89. The summed E-state index contributed by atoms with van der Waals surface area (Å²) in [6.45, 7) is 0.206. The molecule has 6 nitrogen and oxygen atoms in total. The molecular formula is C12H20N3O3+. The second-order valence-electron chi connectivity index (χ2n) is 4.63. The predicted molar refractivity (Wildman–Crippen MR) is 66.5 cm³/mol. The van der Waals surface area contributed by atoms with Crippen LogP contribution in [-0.4, -0.2) is 49.8 Å². The summed E-state index contributed by atoms with van der Waals surface area (Å²) < 4.78 is 5.41. The number of terminal acetylenes is 1. The third-order valence-electron chi connectivity index (χ3n) is 3.05. The number of carbonyl (C=O) groups excluding carboxylic acids is 1. The minimum atomic E-state index is -0.320. The lowest BCUT2D eigenvalue weighted by Gasteiger charge is -2.30. The van der Waals surface area contributed by atoms with Crippen molar-refractivity contribution in [1.29, 1.82) is 0 Å². The molecule has 0 aliphatic heterocycles. The number of urea groups is 1. The van der Waals surface area contributed by atoms with E-state index in [0.717, 1.165) is 6.42 Å². The van der Waals surface area contributed by atoms with Gasteiger partial charge in [-0.25, -0.2) is 4.79 Å². The van der Waals surface area contributed by atoms with E-state index in [1.165, 1.54) is 4.90 Å². The van der Waals surface area contributed by atoms with Crippen LogP contribution in [-0.2, 0) is 4.74 Å². The average molecular weight is 254 g/mol. The van der Waals surface area contributed by atoms with Crippen LogP contribution < -0.4 is 10.5 Å². The van der Waals surface area contributed by atoms with Crippen molar-refractivity contribution >= 4 is 6.03 Å². The van der Waals surface area contributed by atoms with Gasteiger partial charge in [0.2, 0.25) is 6.04 Å². The maximum Gasteiger partial charge on any atom is 0.317 e. The molecule has 3 atom stereocenters. The second-order valence-corrected chi connectivity index (χ2v) is 4.63. The summed E-state index contributed by atoms with van der Waals surface area (Å²) in [4.78, 5) is 23.9. The number of nitrogens with one attached hydrogen (secondary N) is 2. The number of rotatable bonds is 4. The summed E-state index contributed by atoms with van der Waals surface area (Å²) in [5.41, 5.74) is 0. The highest BCUT2D eigenvalue weighted by molar-refractivity contribution is 5.73. The van der Waals surface area contributed by atoms with Crippen molar-refractivity contribution in [3.8, 4) is 12.3 Å². The smallest absolute Gasteiger partial charge is 0.317 e. The zero-order valence-electron chi connectivity index (χ0n) is 10.8. The molecular weight excluding hydrogens is 234 g/mol. The SMILES string of the molecule is C#CCOC1CCC(NC(=O)N(C)C)CC1[NH+]=O. The van der Waals surface area contributed by atoms with Crippen molar-refractivity contribution in [3.05, 3.63) is 4.91 Å². The van der Waals surface area contributed by atoms with Gasteiger partial charge in [-0.3, -0.25) is 0 Å². The quantitative estimate of drug-likeness (QED) is 0.635. The van der Waals surface area contributed by atoms with Gasteiger partial charge in [0.1, 0.15) is 12.7 Å². The normalized spacial score (nSPS) is 27.1. The Hall–Kier alpha value is -1.61. The number of hydrogen-bond donors (Lipinski definition) is 2.